The van der Waals surface area contributed by atoms with Crippen molar-refractivity contribution in [1.82, 2.24) is 0 Å². The van der Waals surface area contributed by atoms with E-state index in [1.807, 2.05) is 6.92 Å². The maximum atomic E-state index is 13.4. The van der Waals surface area contributed by atoms with Crippen LogP contribution in [-0.4, -0.2) is 30.9 Å². The van der Waals surface area contributed by atoms with Gasteiger partial charge in [-0.25, -0.2) is 0 Å². The van der Waals surface area contributed by atoms with Gasteiger partial charge < -0.3 is 9.53 Å². The van der Waals surface area contributed by atoms with E-state index < -0.39 is 19.3 Å². The number of rotatable bonds is 2. The molecule has 0 aromatic heterocycles. The summed E-state index contributed by atoms with van der Waals surface area (Å²) in [5, 5.41) is 11.9. The molecular formula is C24H40O3Si. The van der Waals surface area contributed by atoms with Crippen molar-refractivity contribution in [3.8, 4) is 0 Å². The lowest BCUT2D eigenvalue weighted by atomic mass is 9.54. The molecule has 158 valence electrons. The zero-order valence-corrected chi connectivity index (χ0v) is 20.2. The van der Waals surface area contributed by atoms with Crippen LogP contribution in [0.3, 0.4) is 0 Å². The molecule has 0 spiro atoms. The highest BCUT2D eigenvalue weighted by Crippen LogP contribution is 2.55. The Balaban J connectivity index is 2.11. The number of hydrogen-bond donors (Lipinski definition) is 1. The Kier molecular flexibility index (Phi) is 5.43. The summed E-state index contributed by atoms with van der Waals surface area (Å²) >= 11 is 0. The van der Waals surface area contributed by atoms with Crippen LogP contribution in [0.5, 0.6) is 0 Å². The Morgan fingerprint density at radius 3 is 2.29 bits per heavy atom. The highest BCUT2D eigenvalue weighted by Gasteiger charge is 2.60. The summed E-state index contributed by atoms with van der Waals surface area (Å²) in [6.07, 6.45) is 7.90. The van der Waals surface area contributed by atoms with Gasteiger partial charge in [-0.2, -0.15) is 0 Å². The van der Waals surface area contributed by atoms with Gasteiger partial charge in [-0.3, -0.25) is 4.79 Å². The number of aliphatic hydroxyl groups is 1. The zero-order valence-electron chi connectivity index (χ0n) is 19.2. The van der Waals surface area contributed by atoms with Gasteiger partial charge in [-0.1, -0.05) is 51.8 Å². The summed E-state index contributed by atoms with van der Waals surface area (Å²) in [6.45, 7) is 17.5. The van der Waals surface area contributed by atoms with Gasteiger partial charge in [0.1, 0.15) is 5.60 Å². The van der Waals surface area contributed by atoms with E-state index in [0.29, 0.717) is 6.42 Å². The van der Waals surface area contributed by atoms with Crippen LogP contribution in [0.1, 0.15) is 80.1 Å². The van der Waals surface area contributed by atoms with Crippen LogP contribution in [0.25, 0.3) is 0 Å². The first-order chi connectivity index (χ1) is 12.7. The third-order valence-electron chi connectivity index (χ3n) is 8.43. The van der Waals surface area contributed by atoms with Crippen LogP contribution < -0.4 is 0 Å². The van der Waals surface area contributed by atoms with Crippen molar-refractivity contribution in [3.63, 3.8) is 0 Å². The third kappa shape index (κ3) is 3.29. The average molecular weight is 405 g/mol. The van der Waals surface area contributed by atoms with E-state index in [9.17, 15) is 9.90 Å². The van der Waals surface area contributed by atoms with E-state index in [-0.39, 0.29) is 22.8 Å². The molecule has 3 aliphatic carbocycles. The molecule has 0 unspecified atom stereocenters. The van der Waals surface area contributed by atoms with Crippen molar-refractivity contribution >= 4 is 14.1 Å². The first-order valence-electron chi connectivity index (χ1n) is 11.0. The molecule has 0 aromatic rings. The lowest BCUT2D eigenvalue weighted by Gasteiger charge is -2.55. The SMILES string of the molecule is CC1=C[C@@H](O[Si](C)(C)C(C)(C)C)[C@H]2CC3=C(CCCC3)CC(=O)[C@@]1(O)C2(C)C. The normalized spacial score (nSPS) is 33.8. The summed E-state index contributed by atoms with van der Waals surface area (Å²) in [4.78, 5) is 13.4. The maximum absolute atomic E-state index is 13.4. The van der Waals surface area contributed by atoms with Gasteiger partial charge in [0, 0.05) is 11.8 Å². The summed E-state index contributed by atoms with van der Waals surface area (Å²) in [5.74, 6) is 0.0961. The van der Waals surface area contributed by atoms with E-state index in [4.69, 9.17) is 4.43 Å². The van der Waals surface area contributed by atoms with Crippen LogP contribution in [-0.2, 0) is 9.22 Å². The molecule has 0 radical (unpaired) electrons. The van der Waals surface area contributed by atoms with Crippen molar-refractivity contribution in [2.24, 2.45) is 11.3 Å². The van der Waals surface area contributed by atoms with Gasteiger partial charge in [0.15, 0.2) is 14.1 Å². The quantitative estimate of drug-likeness (QED) is 0.457. The number of carbonyl (C=O) groups is 1. The molecule has 0 saturated heterocycles. The van der Waals surface area contributed by atoms with E-state index in [0.717, 1.165) is 31.3 Å². The van der Waals surface area contributed by atoms with E-state index in [1.165, 1.54) is 17.6 Å². The Bertz CT molecular complexity index is 723. The molecule has 0 heterocycles. The van der Waals surface area contributed by atoms with E-state index in [1.54, 1.807) is 0 Å². The standard InChI is InChI=1S/C24H40O3Si/c1-16-13-20(27-28(7,8)22(2,3)4)19-14-17-11-9-10-12-18(17)15-21(25)24(16,26)23(19,5)6/h13,19-20,26H,9-12,14-15H2,1-8H3/t19-,20-,24-/m1/s1. The van der Waals surface area contributed by atoms with Crippen LogP contribution in [0.2, 0.25) is 18.1 Å². The molecule has 1 N–H and O–H groups in total. The van der Waals surface area contributed by atoms with Crippen molar-refractivity contribution in [3.05, 3.63) is 22.8 Å². The monoisotopic (exact) mass is 404 g/mol. The topological polar surface area (TPSA) is 46.5 Å². The third-order valence-corrected chi connectivity index (χ3v) is 12.9. The molecule has 0 amide bonds. The first-order valence-corrected chi connectivity index (χ1v) is 13.9. The molecule has 0 saturated carbocycles. The smallest absolute Gasteiger partial charge is 0.192 e. The minimum absolute atomic E-state index is 0.0175. The summed E-state index contributed by atoms with van der Waals surface area (Å²) < 4.78 is 6.91. The summed E-state index contributed by atoms with van der Waals surface area (Å²) in [6, 6.07) is 0. The largest absolute Gasteiger partial charge is 0.410 e. The molecule has 3 nitrogen and oxygen atoms in total. The number of fused-ring (bicyclic) bond motifs is 2. The van der Waals surface area contributed by atoms with Crippen LogP contribution in [0, 0.1) is 11.3 Å². The predicted octanol–water partition coefficient (Wildman–Crippen LogP) is 5.94. The second kappa shape index (κ2) is 6.92. The number of hydrogen-bond acceptors (Lipinski definition) is 3. The van der Waals surface area contributed by atoms with Crippen molar-refractivity contribution in [1.29, 1.82) is 0 Å². The van der Waals surface area contributed by atoms with Crippen LogP contribution >= 0.6 is 0 Å². The molecule has 4 heteroatoms. The van der Waals surface area contributed by atoms with E-state index in [2.05, 4.69) is 53.8 Å². The molecule has 3 rings (SSSR count). The highest BCUT2D eigenvalue weighted by molar-refractivity contribution is 6.74. The Morgan fingerprint density at radius 1 is 1.14 bits per heavy atom. The van der Waals surface area contributed by atoms with Crippen LogP contribution in [0.4, 0.5) is 0 Å². The maximum Gasteiger partial charge on any atom is 0.192 e. The van der Waals surface area contributed by atoms with Crippen molar-refractivity contribution < 1.29 is 14.3 Å². The molecular weight excluding hydrogens is 364 g/mol. The first kappa shape index (κ1) is 22.0. The minimum Gasteiger partial charge on any atom is -0.410 e. The van der Waals surface area contributed by atoms with E-state index >= 15 is 0 Å². The van der Waals surface area contributed by atoms with Crippen molar-refractivity contribution in [2.75, 3.05) is 0 Å². The number of ketones is 1. The Labute approximate surface area is 172 Å². The highest BCUT2D eigenvalue weighted by atomic mass is 28.4. The lowest BCUT2D eigenvalue weighted by molar-refractivity contribution is -0.155. The number of carbonyl (C=O) groups excluding carboxylic acids is 1. The van der Waals surface area contributed by atoms with Gasteiger partial charge in [0.2, 0.25) is 0 Å². The fourth-order valence-electron chi connectivity index (χ4n) is 5.33. The minimum atomic E-state index is -1.98. The average Bonchev–Trinajstić information content (AvgIpc) is 2.56. The fraction of sp³-hybridized carbons (Fsp3) is 0.792. The molecule has 0 aromatic carbocycles. The molecule has 28 heavy (non-hydrogen) atoms. The van der Waals surface area contributed by atoms with Gasteiger partial charge in [-0.05, 0) is 68.7 Å². The van der Waals surface area contributed by atoms with Crippen molar-refractivity contribution in [2.45, 2.75) is 110 Å². The van der Waals surface area contributed by atoms with Gasteiger partial charge >= 0.3 is 0 Å². The fourth-order valence-corrected chi connectivity index (χ4v) is 6.60. The van der Waals surface area contributed by atoms with Crippen LogP contribution in [0.15, 0.2) is 22.8 Å². The summed E-state index contributed by atoms with van der Waals surface area (Å²) in [7, 11) is -1.98. The predicted molar refractivity (Wildman–Crippen MR) is 118 cm³/mol. The number of allylic oxidation sites excluding steroid dienone is 2. The Morgan fingerprint density at radius 2 is 1.71 bits per heavy atom. The van der Waals surface area contributed by atoms with Gasteiger partial charge in [-0.15, -0.1) is 0 Å². The second-order valence-electron chi connectivity index (χ2n) is 11.4. The van der Waals surface area contributed by atoms with Gasteiger partial charge in [0.05, 0.1) is 6.10 Å². The molecule has 3 aliphatic rings. The zero-order chi connectivity index (χ0) is 21.1. The molecule has 0 aliphatic heterocycles. The molecule has 2 bridgehead atoms. The lowest BCUT2D eigenvalue weighted by Crippen LogP contribution is -2.62. The Hall–Kier alpha value is -0.713. The number of Topliss-reactive ketones (excluding diaryl/α,β-unsaturated/α-hetero) is 1. The summed E-state index contributed by atoms with van der Waals surface area (Å²) in [5.41, 5.74) is 1.61. The van der Waals surface area contributed by atoms with Gasteiger partial charge in [0.25, 0.3) is 0 Å². The second-order valence-corrected chi connectivity index (χ2v) is 16.2. The molecule has 3 atom stereocenters. The molecule has 0 fully saturated rings.